The summed E-state index contributed by atoms with van der Waals surface area (Å²) in [6.45, 7) is 2.78. The van der Waals surface area contributed by atoms with Crippen molar-refractivity contribution in [3.63, 3.8) is 0 Å². The molecular formula is C15H19NOS. The van der Waals surface area contributed by atoms with Gasteiger partial charge < -0.3 is 10.1 Å². The van der Waals surface area contributed by atoms with Crippen molar-refractivity contribution < 1.29 is 4.74 Å². The van der Waals surface area contributed by atoms with Crippen molar-refractivity contribution in [3.05, 3.63) is 46.7 Å². The van der Waals surface area contributed by atoms with Gasteiger partial charge in [-0.3, -0.25) is 0 Å². The maximum absolute atomic E-state index is 5.02. The lowest BCUT2D eigenvalue weighted by molar-refractivity contribution is 0.194. The average Bonchev–Trinajstić information content (AvgIpc) is 2.88. The summed E-state index contributed by atoms with van der Waals surface area (Å²) in [6, 6.07) is 12.8. The van der Waals surface area contributed by atoms with Crippen molar-refractivity contribution >= 4 is 11.3 Å². The van der Waals surface area contributed by atoms with Crippen LogP contribution in [0.5, 0.6) is 0 Å². The van der Waals surface area contributed by atoms with E-state index in [9.17, 15) is 0 Å². The number of benzene rings is 1. The molecule has 2 aromatic rings. The van der Waals surface area contributed by atoms with Gasteiger partial charge in [-0.25, -0.2) is 0 Å². The van der Waals surface area contributed by atoms with Gasteiger partial charge in [-0.2, -0.15) is 0 Å². The van der Waals surface area contributed by atoms with Crippen molar-refractivity contribution in [1.82, 2.24) is 5.32 Å². The van der Waals surface area contributed by atoms with Crippen molar-refractivity contribution in [2.24, 2.45) is 0 Å². The van der Waals surface area contributed by atoms with Crippen LogP contribution in [-0.2, 0) is 11.3 Å². The first-order valence-electron chi connectivity index (χ1n) is 6.22. The van der Waals surface area contributed by atoms with Crippen molar-refractivity contribution in [2.45, 2.75) is 13.0 Å². The quantitative estimate of drug-likeness (QED) is 0.770. The standard InChI is InChI=1S/C15H19NOS/c1-17-9-5-8-16-11-15-10-14(12-18-15)13-6-3-2-4-7-13/h2-4,6-7,10,12,16H,5,8-9,11H2,1H3. The lowest BCUT2D eigenvalue weighted by Crippen LogP contribution is -2.15. The molecule has 0 unspecified atom stereocenters. The van der Waals surface area contributed by atoms with Crippen LogP contribution in [-0.4, -0.2) is 20.3 Å². The molecule has 0 radical (unpaired) electrons. The van der Waals surface area contributed by atoms with Crippen molar-refractivity contribution in [3.8, 4) is 11.1 Å². The van der Waals surface area contributed by atoms with E-state index in [4.69, 9.17) is 4.74 Å². The van der Waals surface area contributed by atoms with Gasteiger partial charge >= 0.3 is 0 Å². The Morgan fingerprint density at radius 1 is 1.17 bits per heavy atom. The maximum atomic E-state index is 5.02. The summed E-state index contributed by atoms with van der Waals surface area (Å²) < 4.78 is 5.02. The van der Waals surface area contributed by atoms with Gasteiger partial charge in [0.05, 0.1) is 0 Å². The Morgan fingerprint density at radius 3 is 2.78 bits per heavy atom. The molecule has 3 heteroatoms. The predicted octanol–water partition coefficient (Wildman–Crippen LogP) is 3.54. The van der Waals surface area contributed by atoms with Gasteiger partial charge in [-0.1, -0.05) is 30.3 Å². The summed E-state index contributed by atoms with van der Waals surface area (Å²) in [5.41, 5.74) is 2.61. The average molecular weight is 261 g/mol. The SMILES string of the molecule is COCCCNCc1cc(-c2ccccc2)cs1. The summed E-state index contributed by atoms with van der Waals surface area (Å²) in [6.07, 6.45) is 1.06. The van der Waals surface area contributed by atoms with Crippen LogP contribution in [0.15, 0.2) is 41.8 Å². The minimum absolute atomic E-state index is 0.826. The van der Waals surface area contributed by atoms with Gasteiger partial charge in [-0.05, 0) is 35.5 Å². The molecule has 0 atom stereocenters. The minimum atomic E-state index is 0.826. The molecule has 0 bridgehead atoms. The molecule has 1 aromatic carbocycles. The Balaban J connectivity index is 1.83. The van der Waals surface area contributed by atoms with Crippen LogP contribution in [0.2, 0.25) is 0 Å². The van der Waals surface area contributed by atoms with Gasteiger partial charge in [0.1, 0.15) is 0 Å². The molecule has 0 aliphatic carbocycles. The molecule has 0 saturated heterocycles. The molecule has 1 heterocycles. The van der Waals surface area contributed by atoms with Crippen LogP contribution in [0.4, 0.5) is 0 Å². The summed E-state index contributed by atoms with van der Waals surface area (Å²) >= 11 is 1.81. The van der Waals surface area contributed by atoms with Crippen LogP contribution < -0.4 is 5.32 Å². The Kier molecular flexibility index (Phi) is 5.39. The zero-order chi connectivity index (χ0) is 12.6. The monoisotopic (exact) mass is 261 g/mol. The molecule has 18 heavy (non-hydrogen) atoms. The fourth-order valence-corrected chi connectivity index (χ4v) is 2.67. The Labute approximate surface area is 113 Å². The van der Waals surface area contributed by atoms with E-state index in [0.29, 0.717) is 0 Å². The van der Waals surface area contributed by atoms with Crippen LogP contribution in [0.1, 0.15) is 11.3 Å². The third-order valence-corrected chi connectivity index (χ3v) is 3.70. The smallest absolute Gasteiger partial charge is 0.0474 e. The molecule has 2 rings (SSSR count). The lowest BCUT2D eigenvalue weighted by atomic mass is 10.1. The largest absolute Gasteiger partial charge is 0.385 e. The van der Waals surface area contributed by atoms with Gasteiger partial charge in [0, 0.05) is 25.1 Å². The summed E-state index contributed by atoms with van der Waals surface area (Å²) in [5.74, 6) is 0. The first kappa shape index (κ1) is 13.3. The number of ether oxygens (including phenoxy) is 1. The number of methoxy groups -OCH3 is 1. The Hall–Kier alpha value is -1.16. The number of thiophene rings is 1. The summed E-state index contributed by atoms with van der Waals surface area (Å²) in [4.78, 5) is 1.38. The van der Waals surface area contributed by atoms with Crippen LogP contribution in [0, 0.1) is 0 Å². The number of hydrogen-bond donors (Lipinski definition) is 1. The van der Waals surface area contributed by atoms with E-state index in [1.54, 1.807) is 7.11 Å². The highest BCUT2D eigenvalue weighted by Crippen LogP contribution is 2.25. The Bertz CT molecular complexity index is 453. The molecule has 0 amide bonds. The normalized spacial score (nSPS) is 10.7. The van der Waals surface area contributed by atoms with E-state index in [1.807, 2.05) is 17.4 Å². The zero-order valence-electron chi connectivity index (χ0n) is 10.7. The molecule has 0 fully saturated rings. The van der Waals surface area contributed by atoms with Gasteiger partial charge in [0.15, 0.2) is 0 Å². The third-order valence-electron chi connectivity index (χ3n) is 2.76. The number of hydrogen-bond acceptors (Lipinski definition) is 3. The molecule has 0 spiro atoms. The first-order valence-corrected chi connectivity index (χ1v) is 7.10. The van der Waals surface area contributed by atoms with Gasteiger partial charge in [0.2, 0.25) is 0 Å². The highest BCUT2D eigenvalue weighted by Gasteiger charge is 2.01. The van der Waals surface area contributed by atoms with E-state index < -0.39 is 0 Å². The second kappa shape index (κ2) is 7.31. The number of nitrogens with one attached hydrogen (secondary N) is 1. The second-order valence-electron chi connectivity index (χ2n) is 4.19. The first-order chi connectivity index (χ1) is 8.90. The molecule has 0 aliphatic heterocycles. The third kappa shape index (κ3) is 3.95. The topological polar surface area (TPSA) is 21.3 Å². The van der Waals surface area contributed by atoms with Crippen LogP contribution >= 0.6 is 11.3 Å². The van der Waals surface area contributed by atoms with E-state index in [0.717, 1.165) is 26.1 Å². The van der Waals surface area contributed by atoms with Crippen LogP contribution in [0.25, 0.3) is 11.1 Å². The summed E-state index contributed by atoms with van der Waals surface area (Å²) in [5, 5.41) is 5.66. The molecule has 2 nitrogen and oxygen atoms in total. The summed E-state index contributed by atoms with van der Waals surface area (Å²) in [7, 11) is 1.74. The molecule has 0 saturated carbocycles. The molecule has 0 aliphatic rings. The molecular weight excluding hydrogens is 242 g/mol. The van der Waals surface area contributed by atoms with Gasteiger partial charge in [0.25, 0.3) is 0 Å². The molecule has 96 valence electrons. The highest BCUT2D eigenvalue weighted by atomic mass is 32.1. The fraction of sp³-hybridized carbons (Fsp3) is 0.333. The van der Waals surface area contributed by atoms with E-state index in [1.165, 1.54) is 16.0 Å². The van der Waals surface area contributed by atoms with E-state index >= 15 is 0 Å². The Morgan fingerprint density at radius 2 is 2.00 bits per heavy atom. The second-order valence-corrected chi connectivity index (χ2v) is 5.19. The molecule has 1 N–H and O–H groups in total. The number of rotatable bonds is 7. The van der Waals surface area contributed by atoms with Crippen LogP contribution in [0.3, 0.4) is 0 Å². The van der Waals surface area contributed by atoms with E-state index in [2.05, 4.69) is 41.0 Å². The highest BCUT2D eigenvalue weighted by molar-refractivity contribution is 7.10. The van der Waals surface area contributed by atoms with Crippen molar-refractivity contribution in [1.29, 1.82) is 0 Å². The maximum Gasteiger partial charge on any atom is 0.0474 e. The molecule has 1 aromatic heterocycles. The van der Waals surface area contributed by atoms with Crippen molar-refractivity contribution in [2.75, 3.05) is 20.3 Å². The fourth-order valence-electron chi connectivity index (χ4n) is 1.81. The van der Waals surface area contributed by atoms with Gasteiger partial charge in [-0.15, -0.1) is 11.3 Å². The zero-order valence-corrected chi connectivity index (χ0v) is 11.5. The lowest BCUT2D eigenvalue weighted by Gasteiger charge is -2.01. The minimum Gasteiger partial charge on any atom is -0.385 e. The van der Waals surface area contributed by atoms with E-state index in [-0.39, 0.29) is 0 Å². The predicted molar refractivity (Wildman–Crippen MR) is 78.0 cm³/mol.